The fourth-order valence-corrected chi connectivity index (χ4v) is 5.06. The molecule has 1 fully saturated rings. The van der Waals surface area contributed by atoms with Crippen LogP contribution in [-0.4, -0.2) is 63.1 Å². The lowest BCUT2D eigenvalue weighted by molar-refractivity contribution is 0.382. The fraction of sp³-hybridized carbons (Fsp3) is 0.450. The lowest BCUT2D eigenvalue weighted by atomic mass is 10.1. The van der Waals surface area contributed by atoms with Crippen molar-refractivity contribution in [3.8, 4) is 0 Å². The van der Waals surface area contributed by atoms with E-state index in [1.54, 1.807) is 19.2 Å². The van der Waals surface area contributed by atoms with Crippen molar-refractivity contribution in [1.29, 1.82) is 0 Å². The average molecular weight is 405 g/mol. The summed E-state index contributed by atoms with van der Waals surface area (Å²) in [4.78, 5) is 4.23. The minimum atomic E-state index is -3.67. The highest BCUT2D eigenvalue weighted by Gasteiger charge is 2.34. The molecule has 1 saturated heterocycles. The summed E-state index contributed by atoms with van der Waals surface area (Å²) in [5.41, 5.74) is 4.04. The maximum absolute atomic E-state index is 13.3. The van der Waals surface area contributed by atoms with E-state index in [9.17, 15) is 8.42 Å². The number of aromatic nitrogens is 1. The third-order valence-electron chi connectivity index (χ3n) is 5.11. The maximum atomic E-state index is 13.3. The SMILES string of the molecule is Cc1cccc(N2CCN(S(=O)(=O)c3c(C)noc3/C=C/N(C)C)CC2)c1C. The third-order valence-corrected chi connectivity index (χ3v) is 7.17. The van der Waals surface area contributed by atoms with Crippen LogP contribution in [0.4, 0.5) is 5.69 Å². The van der Waals surface area contributed by atoms with Crippen LogP contribution in [0.2, 0.25) is 0 Å². The van der Waals surface area contributed by atoms with Gasteiger partial charge in [-0.25, -0.2) is 8.42 Å². The average Bonchev–Trinajstić information content (AvgIpc) is 3.04. The highest BCUT2D eigenvalue weighted by Crippen LogP contribution is 2.28. The van der Waals surface area contributed by atoms with Gasteiger partial charge in [0.15, 0.2) is 10.7 Å². The molecule has 2 heterocycles. The fourth-order valence-electron chi connectivity index (χ4n) is 3.39. The topological polar surface area (TPSA) is 69.9 Å². The maximum Gasteiger partial charge on any atom is 0.248 e. The van der Waals surface area contributed by atoms with E-state index in [1.165, 1.54) is 21.1 Å². The van der Waals surface area contributed by atoms with Gasteiger partial charge in [0.1, 0.15) is 5.69 Å². The number of rotatable bonds is 5. The second kappa shape index (κ2) is 7.97. The lowest BCUT2D eigenvalue weighted by Gasteiger charge is -2.36. The van der Waals surface area contributed by atoms with Gasteiger partial charge in [0.25, 0.3) is 0 Å². The molecule has 152 valence electrons. The first-order chi connectivity index (χ1) is 13.2. The van der Waals surface area contributed by atoms with Gasteiger partial charge in [-0.05, 0) is 38.0 Å². The first kappa shape index (κ1) is 20.4. The van der Waals surface area contributed by atoms with Crippen molar-refractivity contribution in [1.82, 2.24) is 14.4 Å². The largest absolute Gasteiger partial charge is 0.383 e. The van der Waals surface area contributed by atoms with E-state index in [-0.39, 0.29) is 10.7 Å². The molecule has 0 unspecified atom stereocenters. The highest BCUT2D eigenvalue weighted by molar-refractivity contribution is 7.89. The molecular formula is C20H28N4O3S. The smallest absolute Gasteiger partial charge is 0.248 e. The van der Waals surface area contributed by atoms with Crippen molar-refractivity contribution in [2.24, 2.45) is 0 Å². The van der Waals surface area contributed by atoms with Crippen LogP contribution >= 0.6 is 0 Å². The second-order valence-electron chi connectivity index (χ2n) is 7.35. The third kappa shape index (κ3) is 3.93. The molecule has 1 aromatic carbocycles. The minimum absolute atomic E-state index is 0.158. The van der Waals surface area contributed by atoms with Crippen molar-refractivity contribution in [3.05, 3.63) is 47.0 Å². The second-order valence-corrected chi connectivity index (χ2v) is 9.23. The number of hydrogen-bond acceptors (Lipinski definition) is 6. The van der Waals surface area contributed by atoms with E-state index in [2.05, 4.69) is 36.0 Å². The molecule has 1 aromatic heterocycles. The van der Waals surface area contributed by atoms with Crippen LogP contribution in [0.3, 0.4) is 0 Å². The van der Waals surface area contributed by atoms with Crippen LogP contribution in [-0.2, 0) is 10.0 Å². The molecule has 8 heteroatoms. The Morgan fingerprint density at radius 2 is 1.79 bits per heavy atom. The van der Waals surface area contributed by atoms with E-state index in [0.717, 1.165) is 0 Å². The molecule has 3 rings (SSSR count). The summed E-state index contributed by atoms with van der Waals surface area (Å²) in [5.74, 6) is 0.267. The Balaban J connectivity index is 1.81. The van der Waals surface area contributed by atoms with Gasteiger partial charge in [-0.2, -0.15) is 4.31 Å². The summed E-state index contributed by atoms with van der Waals surface area (Å²) < 4.78 is 33.3. The van der Waals surface area contributed by atoms with Gasteiger partial charge in [-0.1, -0.05) is 17.3 Å². The molecular weight excluding hydrogens is 376 g/mol. The molecule has 0 spiro atoms. The number of sulfonamides is 1. The Morgan fingerprint density at radius 3 is 2.43 bits per heavy atom. The van der Waals surface area contributed by atoms with Crippen molar-refractivity contribution >= 4 is 21.8 Å². The molecule has 0 bridgehead atoms. The molecule has 1 aliphatic heterocycles. The van der Waals surface area contributed by atoms with E-state index in [0.29, 0.717) is 31.9 Å². The summed E-state index contributed by atoms with van der Waals surface area (Å²) in [5, 5.41) is 3.88. The van der Waals surface area contributed by atoms with Crippen LogP contribution in [0.15, 0.2) is 33.8 Å². The Kier molecular flexibility index (Phi) is 5.81. The van der Waals surface area contributed by atoms with Crippen LogP contribution in [0.25, 0.3) is 6.08 Å². The number of anilines is 1. The van der Waals surface area contributed by atoms with Crippen molar-refractivity contribution in [3.63, 3.8) is 0 Å². The van der Waals surface area contributed by atoms with Crippen molar-refractivity contribution in [2.75, 3.05) is 45.2 Å². The number of piperazine rings is 1. The molecule has 0 radical (unpaired) electrons. The van der Waals surface area contributed by atoms with Crippen LogP contribution in [0, 0.1) is 20.8 Å². The molecule has 0 atom stereocenters. The zero-order valence-electron chi connectivity index (χ0n) is 17.1. The first-order valence-electron chi connectivity index (χ1n) is 9.34. The molecule has 0 amide bonds. The number of benzene rings is 1. The van der Waals surface area contributed by atoms with Gasteiger partial charge in [0.2, 0.25) is 10.0 Å². The number of nitrogens with zero attached hydrogens (tertiary/aromatic N) is 4. The Morgan fingerprint density at radius 1 is 1.11 bits per heavy atom. The summed E-state index contributed by atoms with van der Waals surface area (Å²) in [6.45, 7) is 8.02. The molecule has 7 nitrogen and oxygen atoms in total. The van der Waals surface area contributed by atoms with Crippen LogP contribution in [0.5, 0.6) is 0 Å². The highest BCUT2D eigenvalue weighted by atomic mass is 32.2. The van der Waals surface area contributed by atoms with Gasteiger partial charge in [-0.15, -0.1) is 0 Å². The van der Waals surface area contributed by atoms with Crippen LogP contribution in [0.1, 0.15) is 22.6 Å². The molecule has 0 N–H and O–H groups in total. The summed E-state index contributed by atoms with van der Waals surface area (Å²) in [7, 11) is 0.0518. The van der Waals surface area contributed by atoms with E-state index in [1.807, 2.05) is 25.1 Å². The van der Waals surface area contributed by atoms with Gasteiger partial charge in [0.05, 0.1) is 0 Å². The summed E-state index contributed by atoms with van der Waals surface area (Å²) >= 11 is 0. The number of aryl methyl sites for hydroxylation is 2. The van der Waals surface area contributed by atoms with E-state index < -0.39 is 10.0 Å². The first-order valence-corrected chi connectivity index (χ1v) is 10.8. The van der Waals surface area contributed by atoms with Gasteiger partial charge < -0.3 is 14.3 Å². The van der Waals surface area contributed by atoms with E-state index in [4.69, 9.17) is 4.52 Å². The number of hydrogen-bond donors (Lipinski definition) is 0. The molecule has 0 aliphatic carbocycles. The van der Waals surface area contributed by atoms with E-state index >= 15 is 0 Å². The Hall–Kier alpha value is -2.32. The molecule has 28 heavy (non-hydrogen) atoms. The van der Waals surface area contributed by atoms with Crippen molar-refractivity contribution < 1.29 is 12.9 Å². The molecule has 1 aliphatic rings. The Bertz CT molecular complexity index is 971. The molecule has 2 aromatic rings. The lowest BCUT2D eigenvalue weighted by Crippen LogP contribution is -2.49. The predicted octanol–water partition coefficient (Wildman–Crippen LogP) is 2.64. The monoisotopic (exact) mass is 404 g/mol. The van der Waals surface area contributed by atoms with Gasteiger partial charge in [-0.3, -0.25) is 0 Å². The van der Waals surface area contributed by atoms with Crippen LogP contribution < -0.4 is 4.90 Å². The zero-order valence-corrected chi connectivity index (χ0v) is 18.0. The quantitative estimate of drug-likeness (QED) is 0.763. The standard InChI is InChI=1S/C20H28N4O3S/c1-15-7-6-8-18(16(15)2)23-11-13-24(14-12-23)28(25,26)20-17(3)21-27-19(20)9-10-22(4)5/h6-10H,11-14H2,1-5H3/b10-9+. The van der Waals surface area contributed by atoms with Crippen molar-refractivity contribution in [2.45, 2.75) is 25.7 Å². The Labute approximate surface area is 167 Å². The zero-order chi connectivity index (χ0) is 20.5. The molecule has 0 saturated carbocycles. The summed E-state index contributed by atoms with van der Waals surface area (Å²) in [6, 6.07) is 6.24. The predicted molar refractivity (Wildman–Crippen MR) is 111 cm³/mol. The minimum Gasteiger partial charge on any atom is -0.383 e. The normalized spacial score (nSPS) is 16.1. The summed E-state index contributed by atoms with van der Waals surface area (Å²) in [6.07, 6.45) is 3.39. The van der Waals surface area contributed by atoms with Gasteiger partial charge >= 0.3 is 0 Å². The van der Waals surface area contributed by atoms with Gasteiger partial charge in [0, 0.05) is 58.2 Å².